The van der Waals surface area contributed by atoms with Crippen molar-refractivity contribution in [3.8, 4) is 17.5 Å². The van der Waals surface area contributed by atoms with E-state index in [-0.39, 0.29) is 6.04 Å². The van der Waals surface area contributed by atoms with E-state index in [1.54, 1.807) is 0 Å². The van der Waals surface area contributed by atoms with Crippen molar-refractivity contribution >= 4 is 17.9 Å². The van der Waals surface area contributed by atoms with Gasteiger partial charge in [-0.1, -0.05) is 0 Å². The number of nitrogens with one attached hydrogen (secondary N) is 1. The van der Waals surface area contributed by atoms with Crippen LogP contribution in [-0.4, -0.2) is 58.9 Å². The predicted molar refractivity (Wildman–Crippen MR) is 100.0 cm³/mol. The summed E-state index contributed by atoms with van der Waals surface area (Å²) >= 11 is 0. The van der Waals surface area contributed by atoms with E-state index in [4.69, 9.17) is 0 Å². The zero-order chi connectivity index (χ0) is 17.9. The summed E-state index contributed by atoms with van der Waals surface area (Å²) in [6, 6.07) is 8.21. The zero-order valence-electron chi connectivity index (χ0n) is 14.6. The topological polar surface area (TPSA) is 93.3 Å². The smallest absolute Gasteiger partial charge is 0.226 e. The normalized spacial score (nSPS) is 19.0. The molecule has 8 nitrogen and oxygen atoms in total. The van der Waals surface area contributed by atoms with Gasteiger partial charge in [-0.25, -0.2) is 9.97 Å². The van der Waals surface area contributed by atoms with E-state index >= 15 is 0 Å². The van der Waals surface area contributed by atoms with Gasteiger partial charge >= 0.3 is 0 Å². The van der Waals surface area contributed by atoms with Gasteiger partial charge in [0.05, 0.1) is 23.8 Å². The van der Waals surface area contributed by atoms with Gasteiger partial charge in [-0.05, 0) is 31.0 Å². The molecule has 8 heteroatoms. The van der Waals surface area contributed by atoms with Crippen molar-refractivity contribution in [1.82, 2.24) is 20.0 Å². The molecule has 1 atom stereocenters. The van der Waals surface area contributed by atoms with E-state index in [0.717, 1.165) is 30.9 Å². The third kappa shape index (κ3) is 3.28. The number of likely N-dealkylation sites (N-methyl/N-ethyl adjacent to an activating group) is 1. The molecule has 1 N–H and O–H groups in total. The monoisotopic (exact) mass is 348 g/mol. The van der Waals surface area contributed by atoms with Gasteiger partial charge in [0, 0.05) is 31.9 Å². The van der Waals surface area contributed by atoms with Gasteiger partial charge in [0.2, 0.25) is 5.95 Å². The molecule has 2 aliphatic rings. The molecule has 0 radical (unpaired) electrons. The second kappa shape index (κ2) is 6.96. The molecule has 132 valence electrons. The molecule has 0 aliphatic carbocycles. The lowest BCUT2D eigenvalue weighted by molar-refractivity contribution is 0.385. The first-order valence-corrected chi connectivity index (χ1v) is 8.73. The first-order chi connectivity index (χ1) is 12.7. The van der Waals surface area contributed by atoms with Crippen LogP contribution >= 0.6 is 0 Å². The molecule has 0 amide bonds. The fourth-order valence-corrected chi connectivity index (χ4v) is 3.33. The highest BCUT2D eigenvalue weighted by Crippen LogP contribution is 2.28. The fraction of sp³-hybridized carbons (Fsp3) is 0.389. The molecule has 0 spiro atoms. The van der Waals surface area contributed by atoms with Crippen LogP contribution in [0.4, 0.5) is 11.6 Å². The van der Waals surface area contributed by atoms with Gasteiger partial charge in [-0.3, -0.25) is 5.01 Å². The standard InChI is InChI=1S/C18H20N8/c1-25-11-15(10-22-25)23-18-21-12-20-17(24-18)13-4-5-16(14(8-13)9-19)26-6-2-3-7-26/h4-5,8,10,12,15H,2-3,6-7,11H2,1H3,(H,20,21,23,24). The van der Waals surface area contributed by atoms with Crippen LogP contribution in [0, 0.1) is 11.3 Å². The highest BCUT2D eigenvalue weighted by atomic mass is 15.5. The van der Waals surface area contributed by atoms with Crippen molar-refractivity contribution < 1.29 is 0 Å². The van der Waals surface area contributed by atoms with Crippen molar-refractivity contribution in [3.05, 3.63) is 30.1 Å². The largest absolute Gasteiger partial charge is 0.370 e. The molecule has 3 heterocycles. The van der Waals surface area contributed by atoms with Crippen LogP contribution in [0.5, 0.6) is 0 Å². The summed E-state index contributed by atoms with van der Waals surface area (Å²) in [5, 5.41) is 18.9. The molecule has 2 aliphatic heterocycles. The van der Waals surface area contributed by atoms with Crippen LogP contribution in [0.1, 0.15) is 18.4 Å². The Bertz CT molecular complexity index is 866. The number of aromatic nitrogens is 3. The maximum absolute atomic E-state index is 9.56. The number of hydrazone groups is 1. The van der Waals surface area contributed by atoms with Gasteiger partial charge in [-0.15, -0.1) is 0 Å². The third-order valence-corrected chi connectivity index (χ3v) is 4.61. The van der Waals surface area contributed by atoms with Crippen LogP contribution in [0.2, 0.25) is 0 Å². The Morgan fingerprint density at radius 1 is 1.23 bits per heavy atom. The Morgan fingerprint density at radius 3 is 2.81 bits per heavy atom. The lowest BCUT2D eigenvalue weighted by Crippen LogP contribution is -2.27. The van der Waals surface area contributed by atoms with Crippen LogP contribution in [0.25, 0.3) is 11.4 Å². The van der Waals surface area contributed by atoms with E-state index in [9.17, 15) is 5.26 Å². The number of benzene rings is 1. The van der Waals surface area contributed by atoms with Crippen molar-refractivity contribution in [1.29, 1.82) is 5.26 Å². The Balaban J connectivity index is 1.58. The minimum absolute atomic E-state index is 0.0717. The molecule has 4 rings (SSSR count). The maximum Gasteiger partial charge on any atom is 0.226 e. The summed E-state index contributed by atoms with van der Waals surface area (Å²) in [5.41, 5.74) is 2.46. The van der Waals surface area contributed by atoms with Gasteiger partial charge in [-0.2, -0.15) is 15.3 Å². The number of hydrogen-bond acceptors (Lipinski definition) is 8. The van der Waals surface area contributed by atoms with Gasteiger partial charge in [0.25, 0.3) is 0 Å². The average Bonchev–Trinajstić information content (AvgIpc) is 3.33. The van der Waals surface area contributed by atoms with E-state index in [2.05, 4.69) is 36.3 Å². The predicted octanol–water partition coefficient (Wildman–Crippen LogP) is 1.72. The van der Waals surface area contributed by atoms with Gasteiger partial charge < -0.3 is 10.2 Å². The molecular weight excluding hydrogens is 328 g/mol. The molecular formula is C18H20N8. The fourth-order valence-electron chi connectivity index (χ4n) is 3.33. The van der Waals surface area contributed by atoms with Crippen LogP contribution in [-0.2, 0) is 0 Å². The van der Waals surface area contributed by atoms with Crippen LogP contribution in [0.15, 0.2) is 29.6 Å². The first-order valence-electron chi connectivity index (χ1n) is 8.73. The number of nitrogens with zero attached hydrogens (tertiary/aromatic N) is 7. The summed E-state index contributed by atoms with van der Waals surface area (Å²) in [6.07, 6.45) is 5.67. The SMILES string of the molecule is CN1CC(Nc2ncnc(-c3ccc(N4CCCC4)c(C#N)c3)n2)C=N1. The summed E-state index contributed by atoms with van der Waals surface area (Å²) in [6.45, 7) is 2.78. The molecule has 2 aromatic rings. The molecule has 0 bridgehead atoms. The molecule has 1 unspecified atom stereocenters. The molecule has 26 heavy (non-hydrogen) atoms. The van der Waals surface area contributed by atoms with E-state index in [1.807, 2.05) is 36.5 Å². The molecule has 1 aromatic carbocycles. The van der Waals surface area contributed by atoms with Crippen molar-refractivity contribution in [2.75, 3.05) is 36.9 Å². The maximum atomic E-state index is 9.56. The summed E-state index contributed by atoms with van der Waals surface area (Å²) in [7, 11) is 1.92. The highest BCUT2D eigenvalue weighted by Gasteiger charge is 2.18. The van der Waals surface area contributed by atoms with Crippen LogP contribution < -0.4 is 10.2 Å². The van der Waals surface area contributed by atoms with E-state index in [1.165, 1.54) is 19.2 Å². The summed E-state index contributed by atoms with van der Waals surface area (Å²) in [5.74, 6) is 1.05. The number of rotatable bonds is 4. The van der Waals surface area contributed by atoms with Crippen molar-refractivity contribution in [2.45, 2.75) is 18.9 Å². The average molecular weight is 348 g/mol. The number of nitriles is 1. The Kier molecular flexibility index (Phi) is 4.35. The Hall–Kier alpha value is -3.21. The minimum Gasteiger partial charge on any atom is -0.370 e. The first kappa shape index (κ1) is 16.3. The third-order valence-electron chi connectivity index (χ3n) is 4.61. The quantitative estimate of drug-likeness (QED) is 0.899. The van der Waals surface area contributed by atoms with Gasteiger partial charge in [0.1, 0.15) is 12.4 Å². The molecule has 1 fully saturated rings. The van der Waals surface area contributed by atoms with E-state index < -0.39 is 0 Å². The second-order valence-corrected chi connectivity index (χ2v) is 6.53. The summed E-state index contributed by atoms with van der Waals surface area (Å²) in [4.78, 5) is 15.2. The van der Waals surface area contributed by atoms with Crippen LogP contribution in [0.3, 0.4) is 0 Å². The van der Waals surface area contributed by atoms with E-state index in [0.29, 0.717) is 17.3 Å². The van der Waals surface area contributed by atoms with Crippen molar-refractivity contribution in [3.63, 3.8) is 0 Å². The lowest BCUT2D eigenvalue weighted by Gasteiger charge is -2.19. The minimum atomic E-state index is 0.0717. The number of anilines is 2. The van der Waals surface area contributed by atoms with Crippen molar-refractivity contribution in [2.24, 2.45) is 5.10 Å². The molecule has 0 saturated carbocycles. The molecule has 1 aromatic heterocycles. The summed E-state index contributed by atoms with van der Waals surface area (Å²) < 4.78 is 0. The second-order valence-electron chi connectivity index (χ2n) is 6.53. The van der Waals surface area contributed by atoms with Gasteiger partial charge in [0.15, 0.2) is 5.82 Å². The zero-order valence-corrected chi connectivity index (χ0v) is 14.6. The highest BCUT2D eigenvalue weighted by molar-refractivity contribution is 5.71. The Labute approximate surface area is 152 Å². The lowest BCUT2D eigenvalue weighted by atomic mass is 10.1. The molecule has 1 saturated heterocycles. The number of hydrogen-bond donors (Lipinski definition) is 1. The Morgan fingerprint density at radius 2 is 2.08 bits per heavy atom.